The Bertz CT molecular complexity index is 510. The van der Waals surface area contributed by atoms with Crippen LogP contribution >= 0.6 is 0 Å². The summed E-state index contributed by atoms with van der Waals surface area (Å²) >= 11 is 0. The zero-order chi connectivity index (χ0) is 11.8. The SMILES string of the molecule is C(=C\c1ccccc1)/C=N/N=C/c1ccco1. The molecule has 0 spiro atoms. The molecule has 0 fully saturated rings. The number of rotatable bonds is 4. The normalized spacial score (nSPS) is 12.0. The van der Waals surface area contributed by atoms with Gasteiger partial charge in [-0.15, -0.1) is 0 Å². The minimum absolute atomic E-state index is 0.689. The molecule has 0 amide bonds. The first kappa shape index (κ1) is 11.1. The molecule has 2 rings (SSSR count). The van der Waals surface area contributed by atoms with Gasteiger partial charge in [-0.25, -0.2) is 0 Å². The van der Waals surface area contributed by atoms with Crippen LogP contribution in [0.3, 0.4) is 0 Å². The summed E-state index contributed by atoms with van der Waals surface area (Å²) in [6.45, 7) is 0. The van der Waals surface area contributed by atoms with E-state index in [1.807, 2.05) is 48.6 Å². The third kappa shape index (κ3) is 3.91. The number of benzene rings is 1. The van der Waals surface area contributed by atoms with Gasteiger partial charge in [0.2, 0.25) is 0 Å². The Labute approximate surface area is 99.8 Å². The second-order valence-electron chi connectivity index (χ2n) is 3.29. The van der Waals surface area contributed by atoms with Gasteiger partial charge in [-0.3, -0.25) is 0 Å². The lowest BCUT2D eigenvalue weighted by Crippen LogP contribution is -1.72. The van der Waals surface area contributed by atoms with Gasteiger partial charge in [-0.1, -0.05) is 36.4 Å². The summed E-state index contributed by atoms with van der Waals surface area (Å²) in [7, 11) is 0. The lowest BCUT2D eigenvalue weighted by atomic mass is 10.2. The van der Waals surface area contributed by atoms with Crippen molar-refractivity contribution < 1.29 is 4.42 Å². The van der Waals surface area contributed by atoms with Gasteiger partial charge < -0.3 is 4.42 Å². The maximum Gasteiger partial charge on any atom is 0.146 e. The lowest BCUT2D eigenvalue weighted by Gasteiger charge is -1.87. The van der Waals surface area contributed by atoms with E-state index < -0.39 is 0 Å². The van der Waals surface area contributed by atoms with Crippen LogP contribution in [0.15, 0.2) is 69.4 Å². The summed E-state index contributed by atoms with van der Waals surface area (Å²) in [5, 5.41) is 7.70. The van der Waals surface area contributed by atoms with Gasteiger partial charge in [0.05, 0.1) is 12.5 Å². The zero-order valence-electron chi connectivity index (χ0n) is 9.23. The van der Waals surface area contributed by atoms with E-state index in [0.29, 0.717) is 5.76 Å². The Balaban J connectivity index is 1.84. The van der Waals surface area contributed by atoms with E-state index in [1.54, 1.807) is 24.8 Å². The Morgan fingerprint density at radius 2 is 1.82 bits per heavy atom. The highest BCUT2D eigenvalue weighted by atomic mass is 16.3. The van der Waals surface area contributed by atoms with Crippen LogP contribution in [0.1, 0.15) is 11.3 Å². The van der Waals surface area contributed by atoms with Crippen LogP contribution in [0.2, 0.25) is 0 Å². The smallest absolute Gasteiger partial charge is 0.146 e. The minimum Gasteiger partial charge on any atom is -0.463 e. The van der Waals surface area contributed by atoms with Crippen molar-refractivity contribution in [3.63, 3.8) is 0 Å². The van der Waals surface area contributed by atoms with Gasteiger partial charge >= 0.3 is 0 Å². The average Bonchev–Trinajstić information content (AvgIpc) is 2.88. The van der Waals surface area contributed by atoms with E-state index in [1.165, 1.54) is 0 Å². The van der Waals surface area contributed by atoms with Crippen molar-refractivity contribution in [2.24, 2.45) is 10.2 Å². The lowest BCUT2D eigenvalue weighted by molar-refractivity contribution is 0.560. The molecule has 1 aromatic heterocycles. The molecule has 0 N–H and O–H groups in total. The second kappa shape index (κ2) is 6.23. The van der Waals surface area contributed by atoms with Crippen molar-refractivity contribution >= 4 is 18.5 Å². The topological polar surface area (TPSA) is 37.9 Å². The molecule has 0 aliphatic heterocycles. The third-order valence-corrected chi connectivity index (χ3v) is 2.04. The molecule has 0 aliphatic carbocycles. The van der Waals surface area contributed by atoms with Gasteiger partial charge in [0.1, 0.15) is 5.76 Å². The number of allylic oxidation sites excluding steroid dienone is 1. The van der Waals surface area contributed by atoms with Gasteiger partial charge in [0, 0.05) is 6.21 Å². The number of furan rings is 1. The monoisotopic (exact) mass is 224 g/mol. The molecule has 0 saturated carbocycles. The highest BCUT2D eigenvalue weighted by Crippen LogP contribution is 1.99. The molecule has 17 heavy (non-hydrogen) atoms. The van der Waals surface area contributed by atoms with Crippen molar-refractivity contribution in [3.8, 4) is 0 Å². The first-order valence-corrected chi connectivity index (χ1v) is 5.27. The second-order valence-corrected chi connectivity index (χ2v) is 3.29. The van der Waals surface area contributed by atoms with Crippen LogP contribution in [0.5, 0.6) is 0 Å². The summed E-state index contributed by atoms with van der Waals surface area (Å²) in [6, 6.07) is 13.6. The predicted octanol–water partition coefficient (Wildman–Crippen LogP) is 3.40. The Hall–Kier alpha value is -2.42. The van der Waals surface area contributed by atoms with Gasteiger partial charge in [-0.2, -0.15) is 10.2 Å². The van der Waals surface area contributed by atoms with Crippen LogP contribution in [-0.4, -0.2) is 12.4 Å². The molecule has 84 valence electrons. The Morgan fingerprint density at radius 1 is 0.941 bits per heavy atom. The quantitative estimate of drug-likeness (QED) is 0.579. The van der Waals surface area contributed by atoms with Crippen LogP contribution in [0, 0.1) is 0 Å². The van der Waals surface area contributed by atoms with Crippen molar-refractivity contribution in [2.45, 2.75) is 0 Å². The van der Waals surface area contributed by atoms with Crippen LogP contribution in [-0.2, 0) is 0 Å². The third-order valence-electron chi connectivity index (χ3n) is 2.04. The fraction of sp³-hybridized carbons (Fsp3) is 0. The molecule has 0 bridgehead atoms. The summed E-state index contributed by atoms with van der Waals surface area (Å²) in [4.78, 5) is 0. The molecular weight excluding hydrogens is 212 g/mol. The molecule has 0 atom stereocenters. The van der Waals surface area contributed by atoms with Crippen LogP contribution < -0.4 is 0 Å². The molecule has 0 saturated heterocycles. The first-order valence-electron chi connectivity index (χ1n) is 5.27. The van der Waals surface area contributed by atoms with Crippen molar-refractivity contribution in [1.82, 2.24) is 0 Å². The molecular formula is C14H12N2O. The first-order chi connectivity index (χ1) is 8.45. The molecule has 2 aromatic rings. The molecule has 0 unspecified atom stereocenters. The van der Waals surface area contributed by atoms with Gasteiger partial charge in [0.25, 0.3) is 0 Å². The number of nitrogens with zero attached hydrogens (tertiary/aromatic N) is 2. The zero-order valence-corrected chi connectivity index (χ0v) is 9.23. The van der Waals surface area contributed by atoms with E-state index in [2.05, 4.69) is 10.2 Å². The average molecular weight is 224 g/mol. The highest BCUT2D eigenvalue weighted by molar-refractivity contribution is 5.80. The standard InChI is InChI=1S/C14H12N2O/c1-2-6-13(7-3-1)8-4-10-15-16-12-14-9-5-11-17-14/h1-12H/b8-4+,15-10+,16-12+. The van der Waals surface area contributed by atoms with E-state index in [-0.39, 0.29) is 0 Å². The molecule has 1 aromatic carbocycles. The molecule has 3 nitrogen and oxygen atoms in total. The minimum atomic E-state index is 0.689. The molecule has 0 radical (unpaired) electrons. The summed E-state index contributed by atoms with van der Waals surface area (Å²) < 4.78 is 5.07. The van der Waals surface area contributed by atoms with Crippen LogP contribution in [0.4, 0.5) is 0 Å². The molecule has 0 aliphatic rings. The molecule has 3 heteroatoms. The summed E-state index contributed by atoms with van der Waals surface area (Å²) in [5.41, 5.74) is 1.13. The van der Waals surface area contributed by atoms with Gasteiger partial charge in [-0.05, 0) is 23.8 Å². The Morgan fingerprint density at radius 3 is 2.59 bits per heavy atom. The fourth-order valence-corrected chi connectivity index (χ4v) is 1.25. The Kier molecular flexibility index (Phi) is 4.06. The van der Waals surface area contributed by atoms with E-state index in [4.69, 9.17) is 4.42 Å². The summed E-state index contributed by atoms with van der Waals surface area (Å²) in [6.07, 6.45) is 8.60. The maximum atomic E-state index is 5.07. The van der Waals surface area contributed by atoms with E-state index in [9.17, 15) is 0 Å². The molecule has 1 heterocycles. The number of hydrogen-bond acceptors (Lipinski definition) is 3. The van der Waals surface area contributed by atoms with E-state index >= 15 is 0 Å². The van der Waals surface area contributed by atoms with Crippen molar-refractivity contribution in [2.75, 3.05) is 0 Å². The largest absolute Gasteiger partial charge is 0.463 e. The van der Waals surface area contributed by atoms with Crippen molar-refractivity contribution in [3.05, 3.63) is 66.1 Å². The predicted molar refractivity (Wildman–Crippen MR) is 70.3 cm³/mol. The highest BCUT2D eigenvalue weighted by Gasteiger charge is 1.85. The van der Waals surface area contributed by atoms with Crippen LogP contribution in [0.25, 0.3) is 6.08 Å². The van der Waals surface area contributed by atoms with Gasteiger partial charge in [0.15, 0.2) is 0 Å². The fourth-order valence-electron chi connectivity index (χ4n) is 1.25. The summed E-state index contributed by atoms with van der Waals surface area (Å²) in [5.74, 6) is 0.689. The number of hydrogen-bond donors (Lipinski definition) is 0. The van der Waals surface area contributed by atoms with E-state index in [0.717, 1.165) is 5.56 Å². The maximum absolute atomic E-state index is 5.07. The van der Waals surface area contributed by atoms with Crippen molar-refractivity contribution in [1.29, 1.82) is 0 Å².